The molecule has 0 radical (unpaired) electrons. The number of unbranched alkanes of at least 4 members (excludes halogenated alkanes) is 1. The summed E-state index contributed by atoms with van der Waals surface area (Å²) in [5, 5.41) is 3.02. The van der Waals surface area contributed by atoms with Gasteiger partial charge in [-0.05, 0) is 43.5 Å². The third-order valence-electron chi connectivity index (χ3n) is 5.06. The number of sulfonamides is 1. The lowest BCUT2D eigenvalue weighted by atomic mass is 9.96. The normalized spacial score (nSPS) is 17.4. The van der Waals surface area contributed by atoms with Gasteiger partial charge in [0.05, 0.1) is 12.0 Å². The predicted molar refractivity (Wildman–Crippen MR) is 105 cm³/mol. The van der Waals surface area contributed by atoms with Gasteiger partial charge in [-0.15, -0.1) is 0 Å². The summed E-state index contributed by atoms with van der Waals surface area (Å²) in [5.41, 5.74) is 5.74. The molecule has 1 aliphatic heterocycles. The van der Waals surface area contributed by atoms with Crippen LogP contribution in [0.1, 0.15) is 39.0 Å². The number of carbonyl (C=O) groups is 1. The fourth-order valence-electron chi connectivity index (χ4n) is 3.27. The maximum Gasteiger partial charge on any atom is 0.243 e. The zero-order chi connectivity index (χ0) is 19.9. The van der Waals surface area contributed by atoms with Gasteiger partial charge in [0, 0.05) is 31.6 Å². The van der Waals surface area contributed by atoms with Gasteiger partial charge in [-0.2, -0.15) is 4.31 Å². The van der Waals surface area contributed by atoms with Crippen molar-refractivity contribution in [3.63, 3.8) is 0 Å². The summed E-state index contributed by atoms with van der Waals surface area (Å²) in [6.07, 6.45) is 4.01. The largest absolute Gasteiger partial charge is 0.497 e. The van der Waals surface area contributed by atoms with Crippen LogP contribution in [-0.2, 0) is 14.8 Å². The number of ether oxygens (including phenoxy) is 1. The van der Waals surface area contributed by atoms with Gasteiger partial charge in [0.15, 0.2) is 0 Å². The van der Waals surface area contributed by atoms with Crippen LogP contribution in [0.15, 0.2) is 29.2 Å². The molecule has 1 fully saturated rings. The first-order valence-electron chi connectivity index (χ1n) is 9.57. The van der Waals surface area contributed by atoms with E-state index in [1.807, 2.05) is 0 Å². The summed E-state index contributed by atoms with van der Waals surface area (Å²) >= 11 is 0. The lowest BCUT2D eigenvalue weighted by Gasteiger charge is -2.31. The van der Waals surface area contributed by atoms with E-state index in [-0.39, 0.29) is 22.8 Å². The van der Waals surface area contributed by atoms with Gasteiger partial charge in [-0.25, -0.2) is 8.42 Å². The van der Waals surface area contributed by atoms with E-state index in [2.05, 4.69) is 12.2 Å². The summed E-state index contributed by atoms with van der Waals surface area (Å²) in [6, 6.07) is 6.37. The highest BCUT2D eigenvalue weighted by molar-refractivity contribution is 7.89. The Hall–Kier alpha value is -1.64. The lowest BCUT2D eigenvalue weighted by molar-refractivity contribution is -0.126. The first-order valence-corrected chi connectivity index (χ1v) is 11.0. The van der Waals surface area contributed by atoms with Crippen molar-refractivity contribution in [2.24, 2.45) is 11.7 Å². The zero-order valence-electron chi connectivity index (χ0n) is 16.2. The van der Waals surface area contributed by atoms with Crippen LogP contribution in [0.2, 0.25) is 0 Å². The molecular formula is C19H31N3O4S. The fraction of sp³-hybridized carbons (Fsp3) is 0.632. The molecule has 1 aromatic carbocycles. The van der Waals surface area contributed by atoms with Gasteiger partial charge in [-0.3, -0.25) is 4.79 Å². The van der Waals surface area contributed by atoms with Gasteiger partial charge < -0.3 is 15.8 Å². The molecule has 1 aliphatic rings. The second-order valence-corrected chi connectivity index (χ2v) is 8.88. The molecule has 27 heavy (non-hydrogen) atoms. The number of benzene rings is 1. The summed E-state index contributed by atoms with van der Waals surface area (Å²) in [4.78, 5) is 12.7. The minimum absolute atomic E-state index is 0.00138. The fourth-order valence-corrected chi connectivity index (χ4v) is 4.74. The number of piperidine rings is 1. The van der Waals surface area contributed by atoms with Gasteiger partial charge in [0.1, 0.15) is 5.75 Å². The van der Waals surface area contributed by atoms with Crippen molar-refractivity contribution in [3.05, 3.63) is 24.3 Å². The van der Waals surface area contributed by atoms with E-state index < -0.39 is 10.0 Å². The van der Waals surface area contributed by atoms with E-state index in [1.165, 1.54) is 11.4 Å². The van der Waals surface area contributed by atoms with Crippen molar-refractivity contribution >= 4 is 15.9 Å². The van der Waals surface area contributed by atoms with E-state index in [9.17, 15) is 13.2 Å². The van der Waals surface area contributed by atoms with Crippen molar-refractivity contribution in [2.75, 3.05) is 26.7 Å². The smallest absolute Gasteiger partial charge is 0.243 e. The number of amides is 1. The summed E-state index contributed by atoms with van der Waals surface area (Å²) in [5.74, 6) is 0.438. The van der Waals surface area contributed by atoms with Crippen LogP contribution < -0.4 is 15.8 Å². The standard InChI is InChI=1S/C19H31N3O4S/c1-3-4-5-16(14-20)21-19(23)15-10-12-22(13-11-15)27(24,25)18-8-6-17(26-2)7-9-18/h6-9,15-16H,3-5,10-14,20H2,1-2H3,(H,21,23). The summed E-state index contributed by atoms with van der Waals surface area (Å²) in [6.45, 7) is 3.22. The molecule has 1 saturated heterocycles. The third kappa shape index (κ3) is 5.67. The van der Waals surface area contributed by atoms with Crippen LogP contribution in [0.4, 0.5) is 0 Å². The molecule has 8 heteroatoms. The Labute approximate surface area is 162 Å². The molecule has 2 rings (SSSR count). The minimum Gasteiger partial charge on any atom is -0.497 e. The monoisotopic (exact) mass is 397 g/mol. The Morgan fingerprint density at radius 2 is 1.93 bits per heavy atom. The quantitative estimate of drug-likeness (QED) is 0.661. The SMILES string of the molecule is CCCCC(CN)NC(=O)C1CCN(S(=O)(=O)c2ccc(OC)cc2)CC1. The Balaban J connectivity index is 1.92. The number of methoxy groups -OCH3 is 1. The van der Waals surface area contributed by atoms with E-state index in [0.29, 0.717) is 38.2 Å². The van der Waals surface area contributed by atoms with Crippen LogP contribution in [0.3, 0.4) is 0 Å². The second kappa shape index (κ2) is 10.1. The first-order chi connectivity index (χ1) is 12.9. The number of nitrogens with one attached hydrogen (secondary N) is 1. The molecule has 0 spiro atoms. The van der Waals surface area contributed by atoms with Crippen molar-refractivity contribution in [1.29, 1.82) is 0 Å². The molecule has 1 atom stereocenters. The molecule has 1 heterocycles. The molecule has 3 N–H and O–H groups in total. The van der Waals surface area contributed by atoms with Crippen LogP contribution in [0.25, 0.3) is 0 Å². The molecule has 0 aliphatic carbocycles. The molecule has 1 amide bonds. The number of nitrogens with zero attached hydrogens (tertiary/aromatic N) is 1. The summed E-state index contributed by atoms with van der Waals surface area (Å²) < 4.78 is 32.1. The van der Waals surface area contributed by atoms with Crippen molar-refractivity contribution in [3.8, 4) is 5.75 Å². The average Bonchev–Trinajstić information content (AvgIpc) is 2.71. The van der Waals surface area contributed by atoms with Crippen LogP contribution >= 0.6 is 0 Å². The minimum atomic E-state index is -3.55. The maximum atomic E-state index is 12.8. The van der Waals surface area contributed by atoms with E-state index >= 15 is 0 Å². The molecule has 7 nitrogen and oxygen atoms in total. The highest BCUT2D eigenvalue weighted by Gasteiger charge is 2.32. The Morgan fingerprint density at radius 3 is 2.44 bits per heavy atom. The van der Waals surface area contributed by atoms with E-state index in [0.717, 1.165) is 19.3 Å². The van der Waals surface area contributed by atoms with Crippen molar-refractivity contribution in [1.82, 2.24) is 9.62 Å². The van der Waals surface area contributed by atoms with Crippen molar-refractivity contribution < 1.29 is 17.9 Å². The Kier molecular flexibility index (Phi) is 8.07. The van der Waals surface area contributed by atoms with E-state index in [4.69, 9.17) is 10.5 Å². The topological polar surface area (TPSA) is 102 Å². The number of nitrogens with two attached hydrogens (primary N) is 1. The number of hydrogen-bond donors (Lipinski definition) is 2. The Morgan fingerprint density at radius 1 is 1.30 bits per heavy atom. The van der Waals surface area contributed by atoms with Gasteiger partial charge >= 0.3 is 0 Å². The number of carbonyl (C=O) groups excluding carboxylic acids is 1. The third-order valence-corrected chi connectivity index (χ3v) is 6.97. The molecule has 0 saturated carbocycles. The van der Waals surface area contributed by atoms with E-state index in [1.54, 1.807) is 24.3 Å². The number of hydrogen-bond acceptors (Lipinski definition) is 5. The highest BCUT2D eigenvalue weighted by Crippen LogP contribution is 2.25. The van der Waals surface area contributed by atoms with Crippen LogP contribution in [0.5, 0.6) is 5.75 Å². The second-order valence-electron chi connectivity index (χ2n) is 6.94. The Bertz CT molecular complexity index is 698. The highest BCUT2D eigenvalue weighted by atomic mass is 32.2. The van der Waals surface area contributed by atoms with Gasteiger partial charge in [-0.1, -0.05) is 19.8 Å². The van der Waals surface area contributed by atoms with Crippen LogP contribution in [-0.4, -0.2) is 51.4 Å². The average molecular weight is 398 g/mol. The molecule has 1 unspecified atom stereocenters. The predicted octanol–water partition coefficient (Wildman–Crippen LogP) is 1.73. The van der Waals surface area contributed by atoms with Gasteiger partial charge in [0.25, 0.3) is 0 Å². The molecule has 0 bridgehead atoms. The maximum absolute atomic E-state index is 12.8. The van der Waals surface area contributed by atoms with Crippen molar-refractivity contribution in [2.45, 2.75) is 50.0 Å². The van der Waals surface area contributed by atoms with Crippen LogP contribution in [0, 0.1) is 5.92 Å². The van der Waals surface area contributed by atoms with Gasteiger partial charge in [0.2, 0.25) is 15.9 Å². The molecule has 152 valence electrons. The molecular weight excluding hydrogens is 366 g/mol. The first kappa shape index (κ1) is 21.7. The molecule has 0 aromatic heterocycles. The molecule has 1 aromatic rings. The number of rotatable bonds is 9. The zero-order valence-corrected chi connectivity index (χ0v) is 17.0. The lowest BCUT2D eigenvalue weighted by Crippen LogP contribution is -2.47. The summed E-state index contributed by atoms with van der Waals surface area (Å²) in [7, 11) is -2.01.